The van der Waals surface area contributed by atoms with Gasteiger partial charge >= 0.3 is 0 Å². The lowest BCUT2D eigenvalue weighted by Gasteiger charge is -2.34. The normalized spacial score (nSPS) is 13.9. The first-order chi connectivity index (χ1) is 13.9. The molecule has 1 heterocycles. The van der Waals surface area contributed by atoms with E-state index in [1.54, 1.807) is 28.0 Å². The maximum absolute atomic E-state index is 12.6. The number of anilines is 1. The third-order valence-corrected chi connectivity index (χ3v) is 5.05. The van der Waals surface area contributed by atoms with Crippen molar-refractivity contribution in [2.24, 2.45) is 5.92 Å². The molecule has 5 heteroatoms. The third kappa shape index (κ3) is 8.00. The van der Waals surface area contributed by atoms with E-state index in [1.807, 2.05) is 26.8 Å². The third-order valence-electron chi connectivity index (χ3n) is 5.05. The summed E-state index contributed by atoms with van der Waals surface area (Å²) in [7, 11) is 0. The van der Waals surface area contributed by atoms with Crippen LogP contribution in [0, 0.1) is 5.92 Å². The summed E-state index contributed by atoms with van der Waals surface area (Å²) in [6, 6.07) is 7.20. The molecule has 0 aromatic heterocycles. The van der Waals surface area contributed by atoms with Crippen molar-refractivity contribution >= 4 is 23.3 Å². The van der Waals surface area contributed by atoms with Gasteiger partial charge in [0.25, 0.3) is 0 Å². The lowest BCUT2D eigenvalue weighted by molar-refractivity contribution is -0.136. The van der Waals surface area contributed by atoms with Crippen molar-refractivity contribution in [1.82, 2.24) is 4.90 Å². The van der Waals surface area contributed by atoms with Crippen molar-refractivity contribution in [3.05, 3.63) is 29.8 Å². The number of carbonyl (C=O) groups is 3. The number of amides is 2. The van der Waals surface area contributed by atoms with Crippen molar-refractivity contribution in [2.75, 3.05) is 24.5 Å². The Hall–Kier alpha value is -2.17. The minimum absolute atomic E-state index is 0.0654. The molecular weight excluding hydrogens is 364 g/mol. The van der Waals surface area contributed by atoms with Crippen LogP contribution in [0.2, 0.25) is 0 Å². The zero-order valence-corrected chi connectivity index (χ0v) is 18.9. The number of nitrogens with zero attached hydrogens (tertiary/aromatic N) is 2. The van der Waals surface area contributed by atoms with Crippen molar-refractivity contribution in [3.8, 4) is 0 Å². The molecule has 0 bridgehead atoms. The summed E-state index contributed by atoms with van der Waals surface area (Å²) >= 11 is 0. The van der Waals surface area contributed by atoms with Gasteiger partial charge in [-0.2, -0.15) is 0 Å². The number of unbranched alkanes of at least 4 members (excludes halogenated alkanes) is 2. The van der Waals surface area contributed by atoms with E-state index in [0.29, 0.717) is 37.4 Å². The van der Waals surface area contributed by atoms with Gasteiger partial charge in [0.15, 0.2) is 5.78 Å². The standard InChI is InChI=1S/C22H32N2O3.C2H6/c1-4-20(25)18-10-8-11-19(15-18)24-14-13-23(16-22(24)27)21(26)12-7-5-6-9-17(2)3;1-2/h8,10-11,15,17H,4-7,9,12-14,16H2,1-3H3;1-2H3. The number of piperazine rings is 1. The molecule has 1 fully saturated rings. The highest BCUT2D eigenvalue weighted by Gasteiger charge is 2.27. The van der Waals surface area contributed by atoms with Crippen molar-refractivity contribution < 1.29 is 14.4 Å². The molecule has 2 amide bonds. The molecule has 2 rings (SSSR count). The molecule has 0 aliphatic carbocycles. The summed E-state index contributed by atoms with van der Waals surface area (Å²) in [5.74, 6) is 0.756. The lowest BCUT2D eigenvalue weighted by Crippen LogP contribution is -2.52. The molecule has 162 valence electrons. The Balaban J connectivity index is 0.00000204. The number of rotatable bonds is 9. The van der Waals surface area contributed by atoms with Crippen molar-refractivity contribution in [2.45, 2.75) is 73.1 Å². The van der Waals surface area contributed by atoms with Crippen LogP contribution in [0.5, 0.6) is 0 Å². The molecule has 1 aromatic carbocycles. The van der Waals surface area contributed by atoms with E-state index >= 15 is 0 Å². The quantitative estimate of drug-likeness (QED) is 0.427. The maximum Gasteiger partial charge on any atom is 0.246 e. The largest absolute Gasteiger partial charge is 0.332 e. The summed E-state index contributed by atoms with van der Waals surface area (Å²) in [4.78, 5) is 40.2. The van der Waals surface area contributed by atoms with Gasteiger partial charge in [0.05, 0.1) is 0 Å². The Morgan fingerprint density at radius 2 is 1.79 bits per heavy atom. The number of hydrogen-bond acceptors (Lipinski definition) is 3. The van der Waals surface area contributed by atoms with E-state index < -0.39 is 0 Å². The Labute approximate surface area is 176 Å². The predicted octanol–water partition coefficient (Wildman–Crippen LogP) is 5.09. The Kier molecular flexibility index (Phi) is 11.3. The smallest absolute Gasteiger partial charge is 0.246 e. The first kappa shape index (κ1) is 24.9. The van der Waals surface area contributed by atoms with Gasteiger partial charge in [0.1, 0.15) is 6.54 Å². The van der Waals surface area contributed by atoms with E-state index in [4.69, 9.17) is 0 Å². The highest BCUT2D eigenvalue weighted by Crippen LogP contribution is 2.20. The fourth-order valence-electron chi connectivity index (χ4n) is 3.37. The molecule has 5 nitrogen and oxygen atoms in total. The van der Waals surface area contributed by atoms with Crippen LogP contribution in [-0.2, 0) is 9.59 Å². The summed E-state index contributed by atoms with van der Waals surface area (Å²) in [6.45, 7) is 11.4. The van der Waals surface area contributed by atoms with Gasteiger partial charge in [-0.1, -0.05) is 66.0 Å². The van der Waals surface area contributed by atoms with Crippen LogP contribution < -0.4 is 4.90 Å². The zero-order valence-electron chi connectivity index (χ0n) is 18.9. The second kappa shape index (κ2) is 13.1. The first-order valence-corrected chi connectivity index (χ1v) is 11.1. The number of carbonyl (C=O) groups excluding carboxylic acids is 3. The summed E-state index contributed by atoms with van der Waals surface area (Å²) < 4.78 is 0. The fourth-order valence-corrected chi connectivity index (χ4v) is 3.37. The molecule has 0 radical (unpaired) electrons. The average Bonchev–Trinajstić information content (AvgIpc) is 2.74. The summed E-state index contributed by atoms with van der Waals surface area (Å²) in [5.41, 5.74) is 1.36. The lowest BCUT2D eigenvalue weighted by atomic mass is 10.0. The van der Waals surface area contributed by atoms with Crippen molar-refractivity contribution in [1.29, 1.82) is 0 Å². The van der Waals surface area contributed by atoms with Crippen LogP contribution in [0.1, 0.15) is 83.5 Å². The molecular formula is C24H38N2O3. The molecule has 1 aliphatic heterocycles. The molecule has 1 aliphatic rings. The molecule has 0 saturated carbocycles. The topological polar surface area (TPSA) is 57.7 Å². The zero-order chi connectivity index (χ0) is 21.8. The van der Waals surface area contributed by atoms with E-state index in [-0.39, 0.29) is 24.1 Å². The van der Waals surface area contributed by atoms with Gasteiger partial charge < -0.3 is 9.80 Å². The second-order valence-corrected chi connectivity index (χ2v) is 7.68. The molecule has 0 spiro atoms. The second-order valence-electron chi connectivity index (χ2n) is 7.68. The number of Topliss-reactive ketones (excluding diaryl/α,β-unsaturated/α-hetero) is 1. The number of hydrogen-bond donors (Lipinski definition) is 0. The van der Waals surface area contributed by atoms with E-state index in [1.165, 1.54) is 6.42 Å². The van der Waals surface area contributed by atoms with E-state index in [0.717, 1.165) is 24.9 Å². The van der Waals surface area contributed by atoms with Gasteiger partial charge in [0.2, 0.25) is 11.8 Å². The first-order valence-electron chi connectivity index (χ1n) is 11.1. The molecule has 1 aromatic rings. The molecule has 29 heavy (non-hydrogen) atoms. The minimum atomic E-state index is -0.0875. The van der Waals surface area contributed by atoms with Crippen LogP contribution in [0.15, 0.2) is 24.3 Å². The van der Waals surface area contributed by atoms with Crippen LogP contribution in [0.4, 0.5) is 5.69 Å². The van der Waals surface area contributed by atoms with Gasteiger partial charge in [-0.15, -0.1) is 0 Å². The Morgan fingerprint density at radius 3 is 2.41 bits per heavy atom. The maximum atomic E-state index is 12.6. The Bertz CT molecular complexity index is 670. The van der Waals surface area contributed by atoms with Crippen LogP contribution in [0.25, 0.3) is 0 Å². The molecule has 1 saturated heterocycles. The van der Waals surface area contributed by atoms with Crippen LogP contribution >= 0.6 is 0 Å². The van der Waals surface area contributed by atoms with Crippen molar-refractivity contribution in [3.63, 3.8) is 0 Å². The number of benzene rings is 1. The number of ketones is 1. The molecule has 0 unspecified atom stereocenters. The van der Waals surface area contributed by atoms with Crippen LogP contribution in [0.3, 0.4) is 0 Å². The average molecular weight is 403 g/mol. The van der Waals surface area contributed by atoms with E-state index in [2.05, 4.69) is 13.8 Å². The highest BCUT2D eigenvalue weighted by molar-refractivity contribution is 6.00. The predicted molar refractivity (Wildman–Crippen MR) is 119 cm³/mol. The van der Waals surface area contributed by atoms with Gasteiger partial charge in [0, 0.05) is 37.2 Å². The van der Waals surface area contributed by atoms with Crippen LogP contribution in [-0.4, -0.2) is 42.1 Å². The van der Waals surface area contributed by atoms with E-state index in [9.17, 15) is 14.4 Å². The fraction of sp³-hybridized carbons (Fsp3) is 0.625. The SMILES string of the molecule is CC.CCC(=O)c1cccc(N2CCN(C(=O)CCCCCC(C)C)CC2=O)c1. The van der Waals surface area contributed by atoms with Gasteiger partial charge in [-0.3, -0.25) is 14.4 Å². The molecule has 0 N–H and O–H groups in total. The monoisotopic (exact) mass is 402 g/mol. The van der Waals surface area contributed by atoms with Gasteiger partial charge in [-0.05, 0) is 24.5 Å². The summed E-state index contributed by atoms with van der Waals surface area (Å²) in [6.07, 6.45) is 5.27. The molecule has 0 atom stereocenters. The highest BCUT2D eigenvalue weighted by atomic mass is 16.2. The minimum Gasteiger partial charge on any atom is -0.332 e. The Morgan fingerprint density at radius 1 is 1.07 bits per heavy atom. The van der Waals surface area contributed by atoms with Gasteiger partial charge in [-0.25, -0.2) is 0 Å². The summed E-state index contributed by atoms with van der Waals surface area (Å²) in [5, 5.41) is 0.